The first-order chi connectivity index (χ1) is 8.56. The maximum absolute atomic E-state index is 11.0. The average Bonchev–Trinajstić information content (AvgIpc) is 2.28. The van der Waals surface area contributed by atoms with Crippen LogP contribution in [-0.2, 0) is 19.1 Å². The molecule has 1 aliphatic heterocycles. The van der Waals surface area contributed by atoms with E-state index in [1.54, 1.807) is 24.3 Å². The fraction of sp³-hybridized carbons (Fsp3) is 0.333. The fourth-order valence-electron chi connectivity index (χ4n) is 1.49. The molecule has 0 fully saturated rings. The van der Waals surface area contributed by atoms with Gasteiger partial charge in [0, 0.05) is 13.8 Å². The summed E-state index contributed by atoms with van der Waals surface area (Å²) in [7, 11) is 0. The predicted molar refractivity (Wildman–Crippen MR) is 58.8 cm³/mol. The second-order valence-electron chi connectivity index (χ2n) is 3.64. The second-order valence-corrected chi connectivity index (χ2v) is 3.64. The number of esters is 2. The lowest BCUT2D eigenvalue weighted by molar-refractivity contribution is -0.233. The van der Waals surface area contributed by atoms with Crippen LogP contribution in [0.25, 0.3) is 0 Å². The van der Waals surface area contributed by atoms with E-state index in [0.29, 0.717) is 11.5 Å². The van der Waals surface area contributed by atoms with E-state index in [4.69, 9.17) is 18.9 Å². The van der Waals surface area contributed by atoms with Crippen molar-refractivity contribution in [1.29, 1.82) is 0 Å². The molecule has 2 rings (SSSR count). The third-order valence-electron chi connectivity index (χ3n) is 2.12. The molecule has 96 valence electrons. The van der Waals surface area contributed by atoms with Gasteiger partial charge in [0.15, 0.2) is 11.5 Å². The Bertz CT molecular complexity index is 426. The smallest absolute Gasteiger partial charge is 0.318 e. The van der Waals surface area contributed by atoms with Crippen LogP contribution < -0.4 is 9.47 Å². The van der Waals surface area contributed by atoms with E-state index in [2.05, 4.69) is 0 Å². The van der Waals surface area contributed by atoms with Crippen LogP contribution in [0.4, 0.5) is 0 Å². The summed E-state index contributed by atoms with van der Waals surface area (Å²) in [5.74, 6) is -0.264. The Labute approximate surface area is 103 Å². The standard InChI is InChI=1S/C12H12O6/c1-7(13)15-11-12(16-8(2)14)18-10-6-4-3-5-9(10)17-11/h3-6,11-12H,1-2H3/t11-,12-/m1/s1. The third-order valence-corrected chi connectivity index (χ3v) is 2.12. The van der Waals surface area contributed by atoms with Crippen molar-refractivity contribution >= 4 is 11.9 Å². The average molecular weight is 252 g/mol. The van der Waals surface area contributed by atoms with Crippen LogP contribution in [-0.4, -0.2) is 24.5 Å². The SMILES string of the molecule is CC(=O)O[C@@H]1Oc2ccccc2O[C@H]1OC(C)=O. The molecule has 1 aliphatic rings. The second kappa shape index (κ2) is 4.95. The van der Waals surface area contributed by atoms with Crippen molar-refractivity contribution < 1.29 is 28.5 Å². The molecule has 18 heavy (non-hydrogen) atoms. The first-order valence-electron chi connectivity index (χ1n) is 5.33. The normalized spacial score (nSPS) is 21.0. The lowest BCUT2D eigenvalue weighted by atomic mass is 10.3. The molecule has 1 aromatic rings. The van der Waals surface area contributed by atoms with Gasteiger partial charge in [-0.2, -0.15) is 0 Å². The lowest BCUT2D eigenvalue weighted by Gasteiger charge is -2.31. The molecular formula is C12H12O6. The van der Waals surface area contributed by atoms with E-state index in [1.807, 2.05) is 0 Å². The molecule has 0 N–H and O–H groups in total. The number of hydrogen-bond donors (Lipinski definition) is 0. The number of carbonyl (C=O) groups is 2. The molecule has 0 amide bonds. The number of rotatable bonds is 2. The minimum absolute atomic E-state index is 0.423. The zero-order chi connectivity index (χ0) is 13.1. The van der Waals surface area contributed by atoms with Crippen LogP contribution in [0, 0.1) is 0 Å². The molecule has 1 aromatic carbocycles. The summed E-state index contributed by atoms with van der Waals surface area (Å²) in [4.78, 5) is 21.9. The number of para-hydroxylation sites is 2. The summed E-state index contributed by atoms with van der Waals surface area (Å²) in [6.45, 7) is 2.46. The summed E-state index contributed by atoms with van der Waals surface area (Å²) in [6.07, 6.45) is -2.22. The highest BCUT2D eigenvalue weighted by molar-refractivity contribution is 5.67. The zero-order valence-electron chi connectivity index (χ0n) is 9.91. The Hall–Kier alpha value is -2.24. The van der Waals surface area contributed by atoms with Crippen LogP contribution >= 0.6 is 0 Å². The summed E-state index contributed by atoms with van der Waals surface area (Å²) in [6, 6.07) is 6.82. The monoisotopic (exact) mass is 252 g/mol. The van der Waals surface area contributed by atoms with Crippen molar-refractivity contribution in [2.75, 3.05) is 0 Å². The van der Waals surface area contributed by atoms with E-state index in [0.717, 1.165) is 0 Å². The first-order valence-corrected chi connectivity index (χ1v) is 5.33. The molecule has 0 aliphatic carbocycles. The number of ether oxygens (including phenoxy) is 4. The number of carbonyl (C=O) groups excluding carboxylic acids is 2. The van der Waals surface area contributed by atoms with Crippen LogP contribution in [0.2, 0.25) is 0 Å². The van der Waals surface area contributed by atoms with Gasteiger partial charge >= 0.3 is 24.5 Å². The molecule has 6 nitrogen and oxygen atoms in total. The quantitative estimate of drug-likeness (QED) is 0.737. The number of benzene rings is 1. The molecule has 0 saturated carbocycles. The van der Waals surface area contributed by atoms with Crippen molar-refractivity contribution in [3.05, 3.63) is 24.3 Å². The van der Waals surface area contributed by atoms with E-state index in [9.17, 15) is 9.59 Å². The first kappa shape index (κ1) is 12.2. The lowest BCUT2D eigenvalue weighted by Crippen LogP contribution is -2.45. The Balaban J connectivity index is 2.21. The van der Waals surface area contributed by atoms with E-state index in [-0.39, 0.29) is 0 Å². The van der Waals surface area contributed by atoms with E-state index < -0.39 is 24.5 Å². The van der Waals surface area contributed by atoms with Gasteiger partial charge in [-0.15, -0.1) is 0 Å². The van der Waals surface area contributed by atoms with Crippen LogP contribution in [0.3, 0.4) is 0 Å². The van der Waals surface area contributed by atoms with E-state index >= 15 is 0 Å². The van der Waals surface area contributed by atoms with Gasteiger partial charge in [0.2, 0.25) is 0 Å². The van der Waals surface area contributed by atoms with Gasteiger partial charge in [0.05, 0.1) is 0 Å². The summed E-state index contributed by atoms with van der Waals surface area (Å²) >= 11 is 0. The largest absolute Gasteiger partial charge is 0.444 e. The van der Waals surface area contributed by atoms with Crippen molar-refractivity contribution in [2.24, 2.45) is 0 Å². The molecule has 0 unspecified atom stereocenters. The molecule has 0 spiro atoms. The highest BCUT2D eigenvalue weighted by Gasteiger charge is 2.36. The highest BCUT2D eigenvalue weighted by atomic mass is 16.8. The summed E-state index contributed by atoms with van der Waals surface area (Å²) in [5.41, 5.74) is 0. The van der Waals surface area contributed by atoms with Crippen LogP contribution in [0.15, 0.2) is 24.3 Å². The molecule has 0 bridgehead atoms. The minimum atomic E-state index is -1.11. The van der Waals surface area contributed by atoms with Gasteiger partial charge in [-0.05, 0) is 12.1 Å². The van der Waals surface area contributed by atoms with Crippen molar-refractivity contribution in [2.45, 2.75) is 26.4 Å². The van der Waals surface area contributed by atoms with Gasteiger partial charge in [-0.1, -0.05) is 12.1 Å². The minimum Gasteiger partial charge on any atom is -0.444 e. The highest BCUT2D eigenvalue weighted by Crippen LogP contribution is 2.34. The molecule has 1 heterocycles. The Morgan fingerprint density at radius 3 is 1.67 bits per heavy atom. The third kappa shape index (κ3) is 2.71. The zero-order valence-corrected chi connectivity index (χ0v) is 9.91. The maximum atomic E-state index is 11.0. The predicted octanol–water partition coefficient (Wildman–Crippen LogP) is 1.24. The maximum Gasteiger partial charge on any atom is 0.318 e. The number of hydrogen-bond acceptors (Lipinski definition) is 6. The van der Waals surface area contributed by atoms with Crippen molar-refractivity contribution in [1.82, 2.24) is 0 Å². The number of fused-ring (bicyclic) bond motifs is 1. The van der Waals surface area contributed by atoms with E-state index in [1.165, 1.54) is 13.8 Å². The Morgan fingerprint density at radius 1 is 0.944 bits per heavy atom. The molecule has 0 saturated heterocycles. The van der Waals surface area contributed by atoms with Gasteiger partial charge in [0.1, 0.15) is 0 Å². The summed E-state index contributed by atoms with van der Waals surface area (Å²) < 4.78 is 20.6. The fourth-order valence-corrected chi connectivity index (χ4v) is 1.49. The Kier molecular flexibility index (Phi) is 3.36. The van der Waals surface area contributed by atoms with Crippen LogP contribution in [0.1, 0.15) is 13.8 Å². The van der Waals surface area contributed by atoms with Gasteiger partial charge in [-0.25, -0.2) is 0 Å². The van der Waals surface area contributed by atoms with Gasteiger partial charge < -0.3 is 18.9 Å². The van der Waals surface area contributed by atoms with Crippen LogP contribution in [0.5, 0.6) is 11.5 Å². The molecule has 6 heteroatoms. The Morgan fingerprint density at radius 2 is 1.33 bits per heavy atom. The molecule has 2 atom stereocenters. The molecular weight excluding hydrogens is 240 g/mol. The molecule has 0 radical (unpaired) electrons. The summed E-state index contributed by atoms with van der Waals surface area (Å²) in [5, 5.41) is 0. The van der Waals surface area contributed by atoms with Gasteiger partial charge in [0.25, 0.3) is 0 Å². The molecule has 0 aromatic heterocycles. The topological polar surface area (TPSA) is 71.1 Å². The van der Waals surface area contributed by atoms with Gasteiger partial charge in [-0.3, -0.25) is 9.59 Å². The van der Waals surface area contributed by atoms with Crippen molar-refractivity contribution in [3.63, 3.8) is 0 Å². The van der Waals surface area contributed by atoms with Crippen molar-refractivity contribution in [3.8, 4) is 11.5 Å².